The van der Waals surface area contributed by atoms with Crippen molar-refractivity contribution in [1.82, 2.24) is 10.6 Å². The minimum absolute atomic E-state index is 0.0267. The third kappa shape index (κ3) is 15.5. The van der Waals surface area contributed by atoms with Crippen LogP contribution < -0.4 is 58.8 Å². The fraction of sp³-hybridized carbons (Fsp3) is 0.348. The van der Waals surface area contributed by atoms with Crippen LogP contribution in [-0.2, 0) is 32.9 Å². The van der Waals surface area contributed by atoms with Crippen molar-refractivity contribution in [2.45, 2.75) is 48.6 Å². The van der Waals surface area contributed by atoms with Gasteiger partial charge in [-0.3, -0.25) is 0 Å². The van der Waals surface area contributed by atoms with Crippen LogP contribution in [0.1, 0.15) is 25.0 Å². The molecule has 346 valence electrons. The molecule has 18 heteroatoms. The van der Waals surface area contributed by atoms with Crippen molar-refractivity contribution in [3.63, 3.8) is 0 Å². The van der Waals surface area contributed by atoms with E-state index in [1.807, 2.05) is 98.8 Å². The molecule has 0 aliphatic carbocycles. The lowest BCUT2D eigenvalue weighted by atomic mass is 10.1. The SMILES string of the molecule is COc1ccc(CC(C)NCCOc2ccccc2OCCOc2ccccc2OCCOc2ccccc2OCCNC(C)Cc2ccc(OC)c(S(N)(=O)=O)c2)cc1S(N)(=O)=O. The van der Waals surface area contributed by atoms with Crippen LogP contribution >= 0.6 is 0 Å². The number of hydrogen-bond donors (Lipinski definition) is 4. The van der Waals surface area contributed by atoms with Gasteiger partial charge in [-0.2, -0.15) is 0 Å². The first-order valence-corrected chi connectivity index (χ1v) is 23.7. The van der Waals surface area contributed by atoms with Gasteiger partial charge in [0, 0.05) is 25.2 Å². The zero-order chi connectivity index (χ0) is 46.0. The molecule has 0 aliphatic heterocycles. The van der Waals surface area contributed by atoms with Gasteiger partial charge >= 0.3 is 0 Å². The summed E-state index contributed by atoms with van der Waals surface area (Å²) in [5.74, 6) is 3.90. The molecule has 0 amide bonds. The summed E-state index contributed by atoms with van der Waals surface area (Å²) >= 11 is 0. The van der Waals surface area contributed by atoms with E-state index < -0.39 is 20.0 Å². The minimum Gasteiger partial charge on any atom is -0.495 e. The Morgan fingerprint density at radius 3 is 0.984 bits per heavy atom. The second-order valence-corrected chi connectivity index (χ2v) is 17.7. The van der Waals surface area contributed by atoms with Crippen molar-refractivity contribution in [1.29, 1.82) is 0 Å². The van der Waals surface area contributed by atoms with E-state index in [1.54, 1.807) is 12.1 Å². The molecule has 6 N–H and O–H groups in total. The van der Waals surface area contributed by atoms with Crippen LogP contribution in [0.3, 0.4) is 0 Å². The van der Waals surface area contributed by atoms with Crippen molar-refractivity contribution in [3.8, 4) is 46.0 Å². The first-order valence-electron chi connectivity index (χ1n) is 20.6. The second kappa shape index (κ2) is 24.3. The molecule has 2 atom stereocenters. The van der Waals surface area contributed by atoms with Gasteiger partial charge in [-0.1, -0.05) is 48.5 Å². The van der Waals surface area contributed by atoms with E-state index in [1.165, 1.54) is 26.4 Å². The number of hydrogen-bond acceptors (Lipinski definition) is 14. The molecule has 64 heavy (non-hydrogen) atoms. The van der Waals surface area contributed by atoms with E-state index in [0.717, 1.165) is 11.1 Å². The summed E-state index contributed by atoms with van der Waals surface area (Å²) in [6.45, 7) is 6.85. The normalized spacial score (nSPS) is 12.5. The molecule has 0 saturated carbocycles. The monoisotopic (exact) mass is 922 g/mol. The molecular formula is C46H58N4O12S2. The van der Waals surface area contributed by atoms with Crippen LogP contribution in [-0.4, -0.2) is 95.9 Å². The number of nitrogens with one attached hydrogen (secondary N) is 2. The van der Waals surface area contributed by atoms with Crippen LogP contribution in [0, 0.1) is 0 Å². The Labute approximate surface area is 376 Å². The van der Waals surface area contributed by atoms with Crippen LogP contribution in [0.2, 0.25) is 0 Å². The van der Waals surface area contributed by atoms with E-state index >= 15 is 0 Å². The second-order valence-electron chi connectivity index (χ2n) is 14.6. The maximum atomic E-state index is 12.0. The number of rotatable bonds is 28. The lowest BCUT2D eigenvalue weighted by molar-refractivity contribution is 0.185. The van der Waals surface area contributed by atoms with Crippen LogP contribution in [0.15, 0.2) is 119 Å². The van der Waals surface area contributed by atoms with Crippen molar-refractivity contribution in [2.75, 3.05) is 67.0 Å². The molecule has 5 rings (SSSR count). The predicted molar refractivity (Wildman–Crippen MR) is 243 cm³/mol. The highest BCUT2D eigenvalue weighted by Gasteiger charge is 2.18. The first kappa shape index (κ1) is 49.3. The lowest BCUT2D eigenvalue weighted by Gasteiger charge is -2.17. The molecule has 0 spiro atoms. The first-order chi connectivity index (χ1) is 30.7. The lowest BCUT2D eigenvalue weighted by Crippen LogP contribution is -2.32. The average Bonchev–Trinajstić information content (AvgIpc) is 3.27. The fourth-order valence-electron chi connectivity index (χ4n) is 6.60. The summed E-state index contributed by atoms with van der Waals surface area (Å²) in [5.41, 5.74) is 1.62. The van der Waals surface area contributed by atoms with Gasteiger partial charge in [-0.15, -0.1) is 0 Å². The number of benzene rings is 5. The van der Waals surface area contributed by atoms with Crippen LogP contribution in [0.4, 0.5) is 0 Å². The highest BCUT2D eigenvalue weighted by atomic mass is 32.2. The van der Waals surface area contributed by atoms with E-state index in [4.69, 9.17) is 48.2 Å². The largest absolute Gasteiger partial charge is 0.495 e. The molecule has 2 unspecified atom stereocenters. The molecule has 5 aromatic carbocycles. The average molecular weight is 923 g/mol. The molecule has 5 aromatic rings. The molecule has 0 bridgehead atoms. The summed E-state index contributed by atoms with van der Waals surface area (Å²) in [6, 6.07) is 32.2. The quantitative estimate of drug-likeness (QED) is 0.0480. The van der Waals surface area contributed by atoms with E-state index in [2.05, 4.69) is 10.6 Å². The molecule has 0 radical (unpaired) electrons. The summed E-state index contributed by atoms with van der Waals surface area (Å²) in [6.07, 6.45) is 1.15. The van der Waals surface area contributed by atoms with Gasteiger partial charge in [0.2, 0.25) is 20.0 Å². The molecule has 16 nitrogen and oxygen atoms in total. The maximum Gasteiger partial charge on any atom is 0.241 e. The summed E-state index contributed by atoms with van der Waals surface area (Å²) in [4.78, 5) is -0.0842. The Balaban J connectivity index is 0.993. The smallest absolute Gasteiger partial charge is 0.241 e. The van der Waals surface area contributed by atoms with Gasteiger partial charge < -0.3 is 48.5 Å². The summed E-state index contributed by atoms with van der Waals surface area (Å²) < 4.78 is 94.4. The Morgan fingerprint density at radius 2 is 0.719 bits per heavy atom. The Hall–Kier alpha value is -5.76. The van der Waals surface area contributed by atoms with Crippen molar-refractivity contribution >= 4 is 20.0 Å². The van der Waals surface area contributed by atoms with Gasteiger partial charge in [0.1, 0.15) is 60.9 Å². The zero-order valence-corrected chi connectivity index (χ0v) is 38.1. The van der Waals surface area contributed by atoms with Gasteiger partial charge in [0.05, 0.1) is 14.2 Å². The molecule has 0 heterocycles. The Kier molecular flexibility index (Phi) is 18.7. The molecule has 0 saturated heterocycles. The fourth-order valence-corrected chi connectivity index (χ4v) is 8.09. The number of nitrogens with two attached hydrogens (primary N) is 2. The Morgan fingerprint density at radius 1 is 0.438 bits per heavy atom. The van der Waals surface area contributed by atoms with Gasteiger partial charge in [-0.25, -0.2) is 27.1 Å². The predicted octanol–water partition coefficient (Wildman–Crippen LogP) is 5.11. The number of ether oxygens (including phenoxy) is 8. The van der Waals surface area contributed by atoms with E-state index in [9.17, 15) is 16.8 Å². The van der Waals surface area contributed by atoms with Crippen molar-refractivity contribution in [3.05, 3.63) is 120 Å². The van der Waals surface area contributed by atoms with Gasteiger partial charge in [0.25, 0.3) is 0 Å². The Bertz CT molecular complexity index is 2300. The highest BCUT2D eigenvalue weighted by Crippen LogP contribution is 2.30. The minimum atomic E-state index is -3.92. The van der Waals surface area contributed by atoms with Gasteiger partial charge in [0.15, 0.2) is 34.5 Å². The highest BCUT2D eigenvalue weighted by molar-refractivity contribution is 7.89. The van der Waals surface area contributed by atoms with E-state index in [-0.39, 0.29) is 59.8 Å². The van der Waals surface area contributed by atoms with Crippen LogP contribution in [0.5, 0.6) is 46.0 Å². The number of sulfonamides is 2. The topological polar surface area (TPSA) is 218 Å². The van der Waals surface area contributed by atoms with Gasteiger partial charge in [-0.05, 0) is 98.5 Å². The molecular weight excluding hydrogens is 865 g/mol. The maximum absolute atomic E-state index is 12.0. The summed E-state index contributed by atoms with van der Waals surface area (Å²) in [7, 11) is -5.04. The number of methoxy groups -OCH3 is 2. The molecule has 0 aromatic heterocycles. The van der Waals surface area contributed by atoms with Crippen molar-refractivity contribution in [2.24, 2.45) is 10.3 Å². The molecule has 0 fully saturated rings. The number of primary sulfonamides is 2. The zero-order valence-electron chi connectivity index (χ0n) is 36.5. The standard InChI is InChI=1S/C46H58N4O12S2/c1-33(29-35-17-19-43(55-3)45(31-35)63(47,51)52)49-21-23-57-37-11-5-7-13-39(37)59-25-27-61-41-15-9-10-16-42(41)62-28-26-60-40-14-8-6-12-38(40)58-24-22-50-34(2)30-36-18-20-44(56-4)46(32-36)64(48,53)54/h5-20,31-34,49-50H,21-30H2,1-4H3,(H2,47,51,52)(H2,48,53,54). The van der Waals surface area contributed by atoms with Crippen molar-refractivity contribution < 1.29 is 54.7 Å². The third-order valence-corrected chi connectivity index (χ3v) is 11.5. The van der Waals surface area contributed by atoms with E-state index in [0.29, 0.717) is 73.6 Å². The summed E-state index contributed by atoms with van der Waals surface area (Å²) in [5, 5.41) is 17.5. The molecule has 0 aliphatic rings. The number of para-hydroxylation sites is 6. The third-order valence-electron chi connectivity index (χ3n) is 9.60. The van der Waals surface area contributed by atoms with Crippen LogP contribution in [0.25, 0.3) is 0 Å².